The van der Waals surface area contributed by atoms with Crippen molar-refractivity contribution in [1.82, 2.24) is 10.3 Å². The smallest absolute Gasteiger partial charge is 0.408 e. The van der Waals surface area contributed by atoms with Gasteiger partial charge in [0, 0.05) is 18.5 Å². The van der Waals surface area contributed by atoms with Crippen LogP contribution < -0.4 is 5.32 Å². The maximum atomic E-state index is 13.8. The van der Waals surface area contributed by atoms with Gasteiger partial charge in [0.2, 0.25) is 0 Å². The molecule has 1 aromatic rings. The number of hydrogen-bond acceptors (Lipinski definition) is 6. The van der Waals surface area contributed by atoms with Gasteiger partial charge in [-0.3, -0.25) is 9.78 Å². The first kappa shape index (κ1) is 21.3. The topological polar surface area (TPSA) is 115 Å². The number of hydrogen-bond donors (Lipinski definition) is 2. The Balaban J connectivity index is 2.84. The van der Waals surface area contributed by atoms with Crippen LogP contribution in [-0.2, 0) is 31.9 Å². The number of carboxylic acids is 1. The second-order valence-electron chi connectivity index (χ2n) is 6.55. The average Bonchev–Trinajstić information content (AvgIpc) is 2.52. The number of rotatable bonds is 7. The van der Waals surface area contributed by atoms with Crippen LogP contribution in [0.4, 0.5) is 9.18 Å². The van der Waals surface area contributed by atoms with Crippen molar-refractivity contribution in [2.24, 2.45) is 0 Å². The largest absolute Gasteiger partial charge is 0.480 e. The highest BCUT2D eigenvalue weighted by Gasteiger charge is 2.25. The summed E-state index contributed by atoms with van der Waals surface area (Å²) in [4.78, 5) is 38.4. The minimum Gasteiger partial charge on any atom is -0.480 e. The Morgan fingerprint density at radius 3 is 2.50 bits per heavy atom. The summed E-state index contributed by atoms with van der Waals surface area (Å²) in [5.74, 6) is -2.39. The number of carbonyl (C=O) groups is 3. The summed E-state index contributed by atoms with van der Waals surface area (Å²) in [7, 11) is 1.22. The van der Waals surface area contributed by atoms with Gasteiger partial charge >= 0.3 is 18.0 Å². The number of aliphatic carboxylic acids is 1. The highest BCUT2D eigenvalue weighted by molar-refractivity contribution is 5.80. The first-order chi connectivity index (χ1) is 12.0. The summed E-state index contributed by atoms with van der Waals surface area (Å²) in [6, 6.07) is 1.17. The quantitative estimate of drug-likeness (QED) is 0.704. The molecule has 1 unspecified atom stereocenters. The molecule has 0 aliphatic carbocycles. The Hall–Kier alpha value is -2.71. The van der Waals surface area contributed by atoms with Crippen molar-refractivity contribution in [3.8, 4) is 0 Å². The molecule has 0 aliphatic heterocycles. The van der Waals surface area contributed by atoms with Gasteiger partial charge in [-0.05, 0) is 32.9 Å². The number of alkyl carbamates (subject to hydrolysis) is 1. The number of pyridine rings is 1. The van der Waals surface area contributed by atoms with Crippen molar-refractivity contribution >= 4 is 18.0 Å². The van der Waals surface area contributed by atoms with Gasteiger partial charge in [-0.2, -0.15) is 0 Å². The number of methoxy groups -OCH3 is 1. The second-order valence-corrected chi connectivity index (χ2v) is 6.55. The number of carboxylic acid groups (broad SMARTS) is 1. The number of aromatic nitrogens is 1. The van der Waals surface area contributed by atoms with Crippen molar-refractivity contribution < 1.29 is 33.4 Å². The van der Waals surface area contributed by atoms with Crippen molar-refractivity contribution in [2.45, 2.75) is 51.7 Å². The zero-order chi connectivity index (χ0) is 19.9. The van der Waals surface area contributed by atoms with Gasteiger partial charge in [0.15, 0.2) is 0 Å². The van der Waals surface area contributed by atoms with Crippen molar-refractivity contribution in [3.63, 3.8) is 0 Å². The van der Waals surface area contributed by atoms with Gasteiger partial charge in [0.1, 0.15) is 17.5 Å². The number of halogens is 1. The third-order valence-corrected chi connectivity index (χ3v) is 3.17. The van der Waals surface area contributed by atoms with Crippen LogP contribution in [0.2, 0.25) is 0 Å². The molecule has 0 bridgehead atoms. The lowest BCUT2D eigenvalue weighted by atomic mass is 10.1. The van der Waals surface area contributed by atoms with E-state index in [-0.39, 0.29) is 30.7 Å². The van der Waals surface area contributed by atoms with E-state index in [1.807, 2.05) is 0 Å². The molecule has 8 nitrogen and oxygen atoms in total. The fourth-order valence-corrected chi connectivity index (χ4v) is 2.00. The molecular formula is C17H23FN2O6. The van der Waals surface area contributed by atoms with Crippen LogP contribution in [0.1, 0.15) is 38.6 Å². The molecule has 2 N–H and O–H groups in total. The molecule has 1 aromatic heterocycles. The van der Waals surface area contributed by atoms with Crippen LogP contribution >= 0.6 is 0 Å². The van der Waals surface area contributed by atoms with E-state index in [1.54, 1.807) is 20.8 Å². The standard InChI is InChI=1S/C17H23FN2O6/c1-17(2,3)26-16(24)20-13(15(22)23)9-10-5-6-11(18)12(19-10)7-8-14(21)25-4/h5-6,13H,7-9H2,1-4H3,(H,20,24)(H,22,23). The van der Waals surface area contributed by atoms with Gasteiger partial charge < -0.3 is 19.9 Å². The lowest BCUT2D eigenvalue weighted by molar-refractivity contribution is -0.141. The SMILES string of the molecule is COC(=O)CCc1nc(CC(NC(=O)OC(C)(C)C)C(=O)O)ccc1F. The molecule has 0 spiro atoms. The predicted molar refractivity (Wildman–Crippen MR) is 89.0 cm³/mol. The third-order valence-electron chi connectivity index (χ3n) is 3.17. The molecule has 0 radical (unpaired) electrons. The number of esters is 1. The van der Waals surface area contributed by atoms with Gasteiger partial charge in [-0.15, -0.1) is 0 Å². The molecule has 0 aliphatic rings. The minimum absolute atomic E-state index is 0.0174. The predicted octanol–water partition coefficient (Wildman–Crippen LogP) is 1.85. The van der Waals surface area contributed by atoms with Crippen LogP contribution in [-0.4, -0.2) is 46.9 Å². The number of nitrogens with zero attached hydrogens (tertiary/aromatic N) is 1. The number of carbonyl (C=O) groups excluding carboxylic acids is 2. The number of nitrogens with one attached hydrogen (secondary N) is 1. The summed E-state index contributed by atoms with van der Waals surface area (Å²) in [6.07, 6.45) is -1.08. The Morgan fingerprint density at radius 2 is 1.96 bits per heavy atom. The van der Waals surface area contributed by atoms with E-state index < -0.39 is 35.5 Å². The monoisotopic (exact) mass is 370 g/mol. The Kier molecular flexibility index (Phi) is 7.48. The zero-order valence-corrected chi connectivity index (χ0v) is 15.2. The first-order valence-corrected chi connectivity index (χ1v) is 7.95. The molecular weight excluding hydrogens is 347 g/mol. The van der Waals surface area contributed by atoms with E-state index in [0.29, 0.717) is 0 Å². The van der Waals surface area contributed by atoms with Crippen LogP contribution in [0.15, 0.2) is 12.1 Å². The Labute approximate surface area is 150 Å². The lowest BCUT2D eigenvalue weighted by Crippen LogP contribution is -2.44. The summed E-state index contributed by atoms with van der Waals surface area (Å²) in [6.45, 7) is 4.95. The second kappa shape index (κ2) is 9.12. The molecule has 1 heterocycles. The van der Waals surface area contributed by atoms with E-state index in [1.165, 1.54) is 13.2 Å². The van der Waals surface area contributed by atoms with E-state index >= 15 is 0 Å². The lowest BCUT2D eigenvalue weighted by Gasteiger charge is -2.22. The van der Waals surface area contributed by atoms with Crippen LogP contribution in [0, 0.1) is 5.82 Å². The van der Waals surface area contributed by atoms with Crippen molar-refractivity contribution in [2.75, 3.05) is 7.11 Å². The number of aryl methyl sites for hydroxylation is 1. The normalized spacial score (nSPS) is 12.2. The summed E-state index contributed by atoms with van der Waals surface area (Å²) >= 11 is 0. The highest BCUT2D eigenvalue weighted by atomic mass is 19.1. The molecule has 0 aromatic carbocycles. The summed E-state index contributed by atoms with van der Waals surface area (Å²) < 4.78 is 23.3. The van der Waals surface area contributed by atoms with Crippen LogP contribution in [0.5, 0.6) is 0 Å². The molecule has 0 saturated carbocycles. The van der Waals surface area contributed by atoms with Gasteiger partial charge in [-0.1, -0.05) is 0 Å². The van der Waals surface area contributed by atoms with E-state index in [2.05, 4.69) is 15.0 Å². The molecule has 1 atom stereocenters. The molecule has 1 rings (SSSR count). The Morgan fingerprint density at radius 1 is 1.31 bits per heavy atom. The fraction of sp³-hybridized carbons (Fsp3) is 0.529. The van der Waals surface area contributed by atoms with E-state index in [9.17, 15) is 23.9 Å². The first-order valence-electron chi connectivity index (χ1n) is 7.95. The van der Waals surface area contributed by atoms with Crippen molar-refractivity contribution in [1.29, 1.82) is 0 Å². The maximum Gasteiger partial charge on any atom is 0.408 e. The van der Waals surface area contributed by atoms with E-state index in [0.717, 1.165) is 6.07 Å². The average molecular weight is 370 g/mol. The van der Waals surface area contributed by atoms with Gasteiger partial charge in [0.25, 0.3) is 0 Å². The molecule has 144 valence electrons. The molecule has 9 heteroatoms. The highest BCUT2D eigenvalue weighted by Crippen LogP contribution is 2.12. The Bertz CT molecular complexity index is 672. The molecule has 1 amide bonds. The van der Waals surface area contributed by atoms with Gasteiger partial charge in [0.05, 0.1) is 19.2 Å². The zero-order valence-electron chi connectivity index (χ0n) is 15.2. The molecule has 26 heavy (non-hydrogen) atoms. The van der Waals surface area contributed by atoms with E-state index in [4.69, 9.17) is 4.74 Å². The molecule has 0 saturated heterocycles. The van der Waals surface area contributed by atoms with Crippen LogP contribution in [0.3, 0.4) is 0 Å². The number of ether oxygens (including phenoxy) is 2. The maximum absolute atomic E-state index is 13.8. The van der Waals surface area contributed by atoms with Gasteiger partial charge in [-0.25, -0.2) is 14.0 Å². The third kappa shape index (κ3) is 7.45. The number of amides is 1. The van der Waals surface area contributed by atoms with Crippen molar-refractivity contribution in [3.05, 3.63) is 29.3 Å². The minimum atomic E-state index is -1.30. The fourth-order valence-electron chi connectivity index (χ4n) is 2.00. The summed E-state index contributed by atoms with van der Waals surface area (Å²) in [5, 5.41) is 11.5. The van der Waals surface area contributed by atoms with Crippen LogP contribution in [0.25, 0.3) is 0 Å². The summed E-state index contributed by atoms with van der Waals surface area (Å²) in [5.41, 5.74) is -0.494. The molecule has 0 fully saturated rings.